The Hall–Kier alpha value is -0.120. The maximum absolute atomic E-state index is 5.01. The van der Waals surface area contributed by atoms with Gasteiger partial charge in [-0.05, 0) is 0 Å². The molecule has 3 heteroatoms. The Kier molecular flexibility index (Phi) is 0.543. The van der Waals surface area contributed by atoms with Crippen LogP contribution in [-0.4, -0.2) is 25.8 Å². The number of hydrogen-bond acceptors (Lipinski definition) is 3. The summed E-state index contributed by atoms with van der Waals surface area (Å²) in [5.74, 6) is -0.278. The van der Waals surface area contributed by atoms with Crippen LogP contribution in [0.1, 0.15) is 0 Å². The van der Waals surface area contributed by atoms with Crippen LogP contribution >= 0.6 is 0 Å². The Bertz CT molecular complexity index is 67.4. The van der Waals surface area contributed by atoms with Crippen LogP contribution in [0.5, 0.6) is 0 Å². The average molecular weight is 102 g/mol. The molecule has 0 amide bonds. The van der Waals surface area contributed by atoms with Crippen LogP contribution in [0.4, 0.5) is 0 Å². The molecule has 2 rings (SSSR count). The molecule has 3 nitrogen and oxygen atoms in total. The van der Waals surface area contributed by atoms with Crippen molar-refractivity contribution in [3.8, 4) is 0 Å². The molecule has 2 aliphatic rings. The van der Waals surface area contributed by atoms with Gasteiger partial charge in [-0.3, -0.25) is 0 Å². The number of rotatable bonds is 0. The lowest BCUT2D eigenvalue weighted by Gasteiger charge is -2.46. The van der Waals surface area contributed by atoms with Crippen molar-refractivity contribution in [2.24, 2.45) is 0 Å². The van der Waals surface area contributed by atoms with Crippen molar-refractivity contribution in [3.05, 3.63) is 0 Å². The van der Waals surface area contributed by atoms with Gasteiger partial charge in [0.25, 0.3) is 0 Å². The molecule has 0 aromatic carbocycles. The second kappa shape index (κ2) is 0.992. The van der Waals surface area contributed by atoms with E-state index < -0.39 is 0 Å². The second-order valence-corrected chi connectivity index (χ2v) is 1.81. The van der Waals surface area contributed by atoms with E-state index in [1.165, 1.54) is 0 Å². The van der Waals surface area contributed by atoms with Gasteiger partial charge in [-0.1, -0.05) is 0 Å². The Morgan fingerprint density at radius 2 is 1.86 bits per heavy atom. The zero-order valence-electron chi connectivity index (χ0n) is 3.85. The molecule has 0 N–H and O–H groups in total. The molecule has 2 heterocycles. The van der Waals surface area contributed by atoms with Gasteiger partial charge >= 0.3 is 0 Å². The zero-order chi connectivity index (χ0) is 4.74. The summed E-state index contributed by atoms with van der Waals surface area (Å²) in [6.07, 6.45) is 0. The largest absolute Gasteiger partial charge is 0.370 e. The van der Waals surface area contributed by atoms with Gasteiger partial charge in [0.05, 0.1) is 0 Å². The van der Waals surface area contributed by atoms with Crippen molar-refractivity contribution >= 4 is 0 Å². The molecular weight excluding hydrogens is 96.0 g/mol. The molecule has 0 aliphatic carbocycles. The van der Waals surface area contributed by atoms with Gasteiger partial charge in [0.1, 0.15) is 13.2 Å². The predicted octanol–water partition coefficient (Wildman–Crippen LogP) is -0.283. The van der Waals surface area contributed by atoms with Crippen molar-refractivity contribution in [1.29, 1.82) is 0 Å². The predicted molar refractivity (Wildman–Crippen MR) is 20.6 cm³/mol. The van der Waals surface area contributed by atoms with Crippen LogP contribution in [0.15, 0.2) is 0 Å². The Morgan fingerprint density at radius 1 is 1.14 bits per heavy atom. The third kappa shape index (κ3) is 0.351. The number of hydrogen-bond donors (Lipinski definition) is 0. The summed E-state index contributed by atoms with van der Waals surface area (Å²) >= 11 is 0. The smallest absolute Gasteiger partial charge is 0.220 e. The maximum atomic E-state index is 5.01. The molecule has 0 aromatic heterocycles. The van der Waals surface area contributed by atoms with Gasteiger partial charge in [0.15, 0.2) is 6.79 Å². The summed E-state index contributed by atoms with van der Waals surface area (Å²) < 4.78 is 14.8. The molecule has 2 fully saturated rings. The van der Waals surface area contributed by atoms with E-state index in [9.17, 15) is 0 Å². The van der Waals surface area contributed by atoms with Gasteiger partial charge in [0.2, 0.25) is 5.79 Å². The molecule has 0 saturated carbocycles. The second-order valence-electron chi connectivity index (χ2n) is 1.81. The van der Waals surface area contributed by atoms with E-state index in [1.807, 2.05) is 0 Å². The third-order valence-electron chi connectivity index (χ3n) is 1.29. The van der Waals surface area contributed by atoms with E-state index in [1.54, 1.807) is 0 Å². The minimum atomic E-state index is -0.278. The summed E-state index contributed by atoms with van der Waals surface area (Å²) in [6.45, 7) is 1.68. The Balaban J connectivity index is 2.00. The Morgan fingerprint density at radius 3 is 1.86 bits per heavy atom. The lowest BCUT2D eigenvalue weighted by atomic mass is 10.2. The van der Waals surface area contributed by atoms with Gasteiger partial charge in [0, 0.05) is 0 Å². The first kappa shape index (κ1) is 3.83. The fraction of sp³-hybridized carbons (Fsp3) is 1.00. The standard InChI is InChI=1S/C4H6O3/c1-4(2-5-1)6-3-7-4/h1-3H2. The lowest BCUT2D eigenvalue weighted by molar-refractivity contribution is -0.463. The molecule has 0 bridgehead atoms. The van der Waals surface area contributed by atoms with E-state index >= 15 is 0 Å². The third-order valence-corrected chi connectivity index (χ3v) is 1.29. The van der Waals surface area contributed by atoms with Crippen molar-refractivity contribution in [2.45, 2.75) is 5.79 Å². The van der Waals surface area contributed by atoms with E-state index in [0.29, 0.717) is 20.0 Å². The quantitative estimate of drug-likeness (QED) is 0.421. The summed E-state index contributed by atoms with van der Waals surface area (Å²) in [6, 6.07) is 0. The summed E-state index contributed by atoms with van der Waals surface area (Å²) in [5.41, 5.74) is 0. The fourth-order valence-corrected chi connectivity index (χ4v) is 0.661. The molecule has 0 unspecified atom stereocenters. The molecule has 2 saturated heterocycles. The van der Waals surface area contributed by atoms with Crippen LogP contribution < -0.4 is 0 Å². The molecule has 0 atom stereocenters. The first-order valence-corrected chi connectivity index (χ1v) is 2.27. The van der Waals surface area contributed by atoms with E-state index in [4.69, 9.17) is 14.2 Å². The molecule has 7 heavy (non-hydrogen) atoms. The van der Waals surface area contributed by atoms with Crippen LogP contribution in [-0.2, 0) is 14.2 Å². The van der Waals surface area contributed by atoms with E-state index in [0.717, 1.165) is 0 Å². The zero-order valence-corrected chi connectivity index (χ0v) is 3.85. The van der Waals surface area contributed by atoms with Gasteiger partial charge in [-0.15, -0.1) is 0 Å². The first-order chi connectivity index (χ1) is 3.41. The minimum absolute atomic E-state index is 0.278. The normalized spacial score (nSPS) is 34.3. The highest BCUT2D eigenvalue weighted by Crippen LogP contribution is 2.29. The highest BCUT2D eigenvalue weighted by Gasteiger charge is 2.47. The highest BCUT2D eigenvalue weighted by molar-refractivity contribution is 4.80. The van der Waals surface area contributed by atoms with Crippen molar-refractivity contribution < 1.29 is 14.2 Å². The van der Waals surface area contributed by atoms with Crippen LogP contribution in [0.25, 0.3) is 0 Å². The highest BCUT2D eigenvalue weighted by atomic mass is 16.9. The molecule has 0 radical (unpaired) electrons. The summed E-state index contributed by atoms with van der Waals surface area (Å²) in [4.78, 5) is 0. The fourth-order valence-electron chi connectivity index (χ4n) is 0.661. The first-order valence-electron chi connectivity index (χ1n) is 2.27. The van der Waals surface area contributed by atoms with Crippen LogP contribution in [0, 0.1) is 0 Å². The minimum Gasteiger partial charge on any atom is -0.370 e. The average Bonchev–Trinajstić information content (AvgIpc) is 1.20. The van der Waals surface area contributed by atoms with Crippen LogP contribution in [0.2, 0.25) is 0 Å². The molecule has 1 spiro atoms. The summed E-state index contributed by atoms with van der Waals surface area (Å²) in [7, 11) is 0. The van der Waals surface area contributed by atoms with Crippen molar-refractivity contribution in [2.75, 3.05) is 20.0 Å². The maximum Gasteiger partial charge on any atom is 0.220 e. The lowest BCUT2D eigenvalue weighted by Crippen LogP contribution is -2.61. The SMILES string of the molecule is C1OC2(COC2)O1. The van der Waals surface area contributed by atoms with Crippen molar-refractivity contribution in [3.63, 3.8) is 0 Å². The van der Waals surface area contributed by atoms with E-state index in [2.05, 4.69) is 0 Å². The molecule has 0 aromatic rings. The molecule has 40 valence electrons. The van der Waals surface area contributed by atoms with E-state index in [-0.39, 0.29) is 5.79 Å². The number of ether oxygens (including phenoxy) is 3. The van der Waals surface area contributed by atoms with Crippen LogP contribution in [0.3, 0.4) is 0 Å². The van der Waals surface area contributed by atoms with Crippen molar-refractivity contribution in [1.82, 2.24) is 0 Å². The van der Waals surface area contributed by atoms with Gasteiger partial charge in [-0.25, -0.2) is 0 Å². The summed E-state index contributed by atoms with van der Waals surface area (Å²) in [5, 5.41) is 0. The van der Waals surface area contributed by atoms with Gasteiger partial charge < -0.3 is 14.2 Å². The molecular formula is C4H6O3. The topological polar surface area (TPSA) is 27.7 Å². The van der Waals surface area contributed by atoms with Gasteiger partial charge in [-0.2, -0.15) is 0 Å². The monoisotopic (exact) mass is 102 g/mol. The Labute approximate surface area is 41.2 Å². The molecule has 2 aliphatic heterocycles.